The maximum absolute atomic E-state index is 12.4. The molecule has 1 aromatic carbocycles. The number of aryl methyl sites for hydroxylation is 2. The summed E-state index contributed by atoms with van der Waals surface area (Å²) in [4.78, 5) is 14.2. The van der Waals surface area contributed by atoms with Gasteiger partial charge in [-0.05, 0) is 31.4 Å². The van der Waals surface area contributed by atoms with E-state index in [1.54, 1.807) is 11.0 Å². The first-order valence-electron chi connectivity index (χ1n) is 7.37. The number of aromatic nitrogens is 1. The van der Waals surface area contributed by atoms with E-state index >= 15 is 0 Å². The van der Waals surface area contributed by atoms with E-state index in [1.807, 2.05) is 42.9 Å². The number of amides is 1. The molecule has 0 spiro atoms. The molecular formula is C17H23N3O. The average Bonchev–Trinajstić information content (AvgIpc) is 2.88. The predicted octanol–water partition coefficient (Wildman–Crippen LogP) is 2.80. The first kappa shape index (κ1) is 15.2. The van der Waals surface area contributed by atoms with E-state index in [1.165, 1.54) is 5.56 Å². The van der Waals surface area contributed by atoms with Crippen molar-refractivity contribution in [3.8, 4) is 0 Å². The highest BCUT2D eigenvalue weighted by atomic mass is 16.2. The second-order valence-electron chi connectivity index (χ2n) is 5.26. The van der Waals surface area contributed by atoms with Gasteiger partial charge in [0.05, 0.1) is 5.69 Å². The number of rotatable bonds is 6. The van der Waals surface area contributed by atoms with E-state index in [0.717, 1.165) is 25.9 Å². The molecule has 0 bridgehead atoms. The van der Waals surface area contributed by atoms with E-state index in [-0.39, 0.29) is 5.91 Å². The Balaban J connectivity index is 1.90. The molecule has 0 saturated heterocycles. The number of carbonyl (C=O) groups excluding carboxylic acids is 1. The third-order valence-corrected chi connectivity index (χ3v) is 3.63. The first-order valence-corrected chi connectivity index (χ1v) is 7.37. The van der Waals surface area contributed by atoms with E-state index in [0.29, 0.717) is 11.4 Å². The van der Waals surface area contributed by atoms with Crippen LogP contribution in [0, 0.1) is 0 Å². The molecule has 4 heteroatoms. The summed E-state index contributed by atoms with van der Waals surface area (Å²) >= 11 is 0. The maximum atomic E-state index is 12.4. The summed E-state index contributed by atoms with van der Waals surface area (Å²) in [6, 6.07) is 12.1. The SMILES string of the molecule is CCn1cc(N)cc1C(=O)N(C)CCCc1ccccc1. The fourth-order valence-electron chi connectivity index (χ4n) is 2.44. The molecule has 21 heavy (non-hydrogen) atoms. The summed E-state index contributed by atoms with van der Waals surface area (Å²) in [5, 5.41) is 0. The standard InChI is InChI=1S/C17H23N3O/c1-3-20-13-15(18)12-16(20)17(21)19(2)11-7-10-14-8-5-4-6-9-14/h4-6,8-9,12-13H,3,7,10-11,18H2,1-2H3. The third kappa shape index (κ3) is 3.88. The molecule has 0 fully saturated rings. The molecule has 2 aromatic rings. The van der Waals surface area contributed by atoms with Crippen LogP contribution in [0.25, 0.3) is 0 Å². The smallest absolute Gasteiger partial charge is 0.270 e. The fraction of sp³-hybridized carbons (Fsp3) is 0.353. The molecular weight excluding hydrogens is 262 g/mol. The third-order valence-electron chi connectivity index (χ3n) is 3.63. The molecule has 112 valence electrons. The van der Waals surface area contributed by atoms with Crippen LogP contribution in [0.4, 0.5) is 5.69 Å². The summed E-state index contributed by atoms with van der Waals surface area (Å²) in [5.41, 5.74) is 8.38. The van der Waals surface area contributed by atoms with Crippen LogP contribution >= 0.6 is 0 Å². The Bertz CT molecular complexity index is 589. The lowest BCUT2D eigenvalue weighted by Crippen LogP contribution is -2.29. The molecule has 0 saturated carbocycles. The van der Waals surface area contributed by atoms with Crippen molar-refractivity contribution in [1.82, 2.24) is 9.47 Å². The largest absolute Gasteiger partial charge is 0.397 e. The van der Waals surface area contributed by atoms with Gasteiger partial charge in [-0.25, -0.2) is 0 Å². The molecule has 2 N–H and O–H groups in total. The molecule has 0 aliphatic rings. The second-order valence-corrected chi connectivity index (χ2v) is 5.26. The number of hydrogen-bond donors (Lipinski definition) is 1. The topological polar surface area (TPSA) is 51.3 Å². The molecule has 0 radical (unpaired) electrons. The summed E-state index contributed by atoms with van der Waals surface area (Å²) in [6.45, 7) is 3.49. The zero-order valence-corrected chi connectivity index (χ0v) is 12.7. The van der Waals surface area contributed by atoms with Crippen molar-refractivity contribution in [2.24, 2.45) is 0 Å². The number of carbonyl (C=O) groups is 1. The minimum absolute atomic E-state index is 0.0293. The summed E-state index contributed by atoms with van der Waals surface area (Å²) in [6.07, 6.45) is 3.75. The lowest BCUT2D eigenvalue weighted by atomic mass is 10.1. The quantitative estimate of drug-likeness (QED) is 0.887. The van der Waals surface area contributed by atoms with Crippen LogP contribution < -0.4 is 5.73 Å². The van der Waals surface area contributed by atoms with Crippen LogP contribution in [-0.2, 0) is 13.0 Å². The van der Waals surface area contributed by atoms with E-state index in [9.17, 15) is 4.79 Å². The van der Waals surface area contributed by atoms with Crippen molar-refractivity contribution in [3.63, 3.8) is 0 Å². The van der Waals surface area contributed by atoms with E-state index in [4.69, 9.17) is 5.73 Å². The Labute approximate surface area is 126 Å². The van der Waals surface area contributed by atoms with Gasteiger partial charge in [0.2, 0.25) is 0 Å². The number of hydrogen-bond acceptors (Lipinski definition) is 2. The van der Waals surface area contributed by atoms with Crippen LogP contribution in [0.2, 0.25) is 0 Å². The van der Waals surface area contributed by atoms with Gasteiger partial charge in [-0.15, -0.1) is 0 Å². The van der Waals surface area contributed by atoms with Gasteiger partial charge in [0.1, 0.15) is 5.69 Å². The highest BCUT2D eigenvalue weighted by Crippen LogP contribution is 2.13. The normalized spacial score (nSPS) is 10.6. The summed E-state index contributed by atoms with van der Waals surface area (Å²) < 4.78 is 1.89. The molecule has 4 nitrogen and oxygen atoms in total. The maximum Gasteiger partial charge on any atom is 0.270 e. The Kier molecular flexibility index (Phi) is 5.04. The van der Waals surface area contributed by atoms with Gasteiger partial charge in [0.25, 0.3) is 5.91 Å². The highest BCUT2D eigenvalue weighted by Gasteiger charge is 2.16. The monoisotopic (exact) mass is 285 g/mol. The minimum Gasteiger partial charge on any atom is -0.397 e. The van der Waals surface area contributed by atoms with Crippen molar-refractivity contribution in [1.29, 1.82) is 0 Å². The highest BCUT2D eigenvalue weighted by molar-refractivity contribution is 5.93. The average molecular weight is 285 g/mol. The Morgan fingerprint density at radius 2 is 2.00 bits per heavy atom. The summed E-state index contributed by atoms with van der Waals surface area (Å²) in [5.74, 6) is 0.0293. The second kappa shape index (κ2) is 6.97. The van der Waals surface area contributed by atoms with Crippen molar-refractivity contribution >= 4 is 11.6 Å². The van der Waals surface area contributed by atoms with Gasteiger partial charge in [-0.1, -0.05) is 30.3 Å². The Morgan fingerprint density at radius 3 is 2.67 bits per heavy atom. The van der Waals surface area contributed by atoms with Crippen molar-refractivity contribution < 1.29 is 4.79 Å². The van der Waals surface area contributed by atoms with Gasteiger partial charge in [-0.3, -0.25) is 4.79 Å². The molecule has 1 aromatic heterocycles. The molecule has 1 amide bonds. The zero-order valence-electron chi connectivity index (χ0n) is 12.7. The van der Waals surface area contributed by atoms with Crippen LogP contribution in [0.15, 0.2) is 42.6 Å². The zero-order chi connectivity index (χ0) is 15.2. The van der Waals surface area contributed by atoms with Crippen molar-refractivity contribution in [2.75, 3.05) is 19.3 Å². The number of nitrogens with zero attached hydrogens (tertiary/aromatic N) is 2. The molecule has 1 heterocycles. The first-order chi connectivity index (χ1) is 10.1. The lowest BCUT2D eigenvalue weighted by Gasteiger charge is -2.18. The van der Waals surface area contributed by atoms with Crippen LogP contribution in [-0.4, -0.2) is 29.0 Å². The number of benzene rings is 1. The van der Waals surface area contributed by atoms with Gasteiger partial charge < -0.3 is 15.2 Å². The molecule has 0 aliphatic heterocycles. The van der Waals surface area contributed by atoms with Crippen molar-refractivity contribution in [2.45, 2.75) is 26.3 Å². The minimum atomic E-state index is 0.0293. The fourth-order valence-corrected chi connectivity index (χ4v) is 2.44. The molecule has 2 rings (SSSR count). The van der Waals surface area contributed by atoms with Gasteiger partial charge in [0.15, 0.2) is 0 Å². The van der Waals surface area contributed by atoms with Gasteiger partial charge >= 0.3 is 0 Å². The van der Waals surface area contributed by atoms with Crippen LogP contribution in [0.1, 0.15) is 29.4 Å². The van der Waals surface area contributed by atoms with Crippen LogP contribution in [0.3, 0.4) is 0 Å². The Hall–Kier alpha value is -2.23. The van der Waals surface area contributed by atoms with Gasteiger partial charge in [-0.2, -0.15) is 0 Å². The summed E-state index contributed by atoms with van der Waals surface area (Å²) in [7, 11) is 1.84. The number of nitrogen functional groups attached to an aromatic ring is 1. The molecule has 0 unspecified atom stereocenters. The molecule has 0 aliphatic carbocycles. The van der Waals surface area contributed by atoms with E-state index < -0.39 is 0 Å². The van der Waals surface area contributed by atoms with Crippen LogP contribution in [0.5, 0.6) is 0 Å². The number of anilines is 1. The Morgan fingerprint density at radius 1 is 1.29 bits per heavy atom. The molecule has 0 atom stereocenters. The lowest BCUT2D eigenvalue weighted by molar-refractivity contribution is 0.0783. The van der Waals surface area contributed by atoms with E-state index in [2.05, 4.69) is 12.1 Å². The van der Waals surface area contributed by atoms with Gasteiger partial charge in [0, 0.05) is 26.3 Å². The van der Waals surface area contributed by atoms with Crippen molar-refractivity contribution in [3.05, 3.63) is 53.9 Å². The predicted molar refractivity (Wildman–Crippen MR) is 86.2 cm³/mol. The number of nitrogens with two attached hydrogens (primary N) is 1.